The molecular weight excluding hydrogens is 158 g/mol. The second-order valence-electron chi connectivity index (χ2n) is 3.66. The van der Waals surface area contributed by atoms with Crippen LogP contribution in [0.4, 0.5) is 4.79 Å². The van der Waals surface area contributed by atoms with Crippen LogP contribution in [-0.4, -0.2) is 35.0 Å². The lowest BCUT2D eigenvalue weighted by atomic mass is 9.92. The van der Waals surface area contributed by atoms with Crippen molar-refractivity contribution in [3.8, 4) is 0 Å². The van der Waals surface area contributed by atoms with E-state index in [-0.39, 0.29) is 17.7 Å². The van der Waals surface area contributed by atoms with E-state index >= 15 is 0 Å². The fourth-order valence-electron chi connectivity index (χ4n) is 1.75. The fraction of sp³-hybridized carbons (Fsp3) is 0.750. The number of rotatable bonds is 0. The lowest BCUT2D eigenvalue weighted by molar-refractivity contribution is -0.127. The summed E-state index contributed by atoms with van der Waals surface area (Å²) < 4.78 is 0. The first-order valence-electron chi connectivity index (χ1n) is 4.15. The smallest absolute Gasteiger partial charge is 0.407 e. The van der Waals surface area contributed by atoms with Gasteiger partial charge >= 0.3 is 6.09 Å². The normalized spacial score (nSPS) is 26.0. The van der Waals surface area contributed by atoms with Crippen LogP contribution in [0.3, 0.4) is 0 Å². The van der Waals surface area contributed by atoms with Gasteiger partial charge in [-0.15, -0.1) is 0 Å². The number of hydrogen-bond donors (Lipinski definition) is 1. The Bertz CT molecular complexity index is 245. The molecule has 0 aromatic carbocycles. The summed E-state index contributed by atoms with van der Waals surface area (Å²) in [5.41, 5.74) is -0.0913. The standard InChI is InChI=1S/C8H11NO3/c10-6-5-9(7(11)12)4-3-8(6)1-2-8/h1-5H2,(H,11,12). The van der Waals surface area contributed by atoms with Crippen molar-refractivity contribution in [2.75, 3.05) is 13.1 Å². The molecule has 12 heavy (non-hydrogen) atoms. The predicted octanol–water partition coefficient (Wildman–Crippen LogP) is 0.719. The average Bonchev–Trinajstić information content (AvgIpc) is 2.76. The molecule has 0 aromatic rings. The SMILES string of the molecule is O=C(O)N1CCC2(CC2)C(=O)C1. The van der Waals surface area contributed by atoms with Crippen LogP contribution in [0.1, 0.15) is 19.3 Å². The Labute approximate surface area is 70.2 Å². The quantitative estimate of drug-likeness (QED) is 0.581. The van der Waals surface area contributed by atoms with Gasteiger partial charge in [0.1, 0.15) is 0 Å². The summed E-state index contributed by atoms with van der Waals surface area (Å²) in [6.07, 6.45) is 1.70. The summed E-state index contributed by atoms with van der Waals surface area (Å²) in [5, 5.41) is 8.62. The van der Waals surface area contributed by atoms with Crippen LogP contribution in [0.2, 0.25) is 0 Å². The highest BCUT2D eigenvalue weighted by Crippen LogP contribution is 2.51. The molecule has 1 saturated carbocycles. The fourth-order valence-corrected chi connectivity index (χ4v) is 1.75. The summed E-state index contributed by atoms with van der Waals surface area (Å²) in [4.78, 5) is 23.1. The molecule has 0 radical (unpaired) electrons. The molecule has 1 N–H and O–H groups in total. The van der Waals surface area contributed by atoms with Crippen molar-refractivity contribution in [1.29, 1.82) is 0 Å². The van der Waals surface area contributed by atoms with Crippen LogP contribution in [-0.2, 0) is 4.79 Å². The molecule has 2 fully saturated rings. The lowest BCUT2D eigenvalue weighted by Crippen LogP contribution is -2.44. The maximum absolute atomic E-state index is 11.4. The van der Waals surface area contributed by atoms with E-state index in [0.29, 0.717) is 6.54 Å². The number of ketones is 1. The first kappa shape index (κ1) is 7.58. The van der Waals surface area contributed by atoms with Crippen molar-refractivity contribution < 1.29 is 14.7 Å². The van der Waals surface area contributed by atoms with E-state index in [2.05, 4.69) is 0 Å². The number of carbonyl (C=O) groups is 2. The minimum Gasteiger partial charge on any atom is -0.465 e. The third-order valence-electron chi connectivity index (χ3n) is 2.91. The first-order valence-corrected chi connectivity index (χ1v) is 4.15. The van der Waals surface area contributed by atoms with E-state index in [9.17, 15) is 9.59 Å². The minimum absolute atomic E-state index is 0.0913. The number of hydrogen-bond acceptors (Lipinski definition) is 2. The molecular formula is C8H11NO3. The number of amides is 1. The summed E-state index contributed by atoms with van der Waals surface area (Å²) in [7, 11) is 0. The van der Waals surface area contributed by atoms with Crippen LogP contribution in [0.25, 0.3) is 0 Å². The molecule has 4 heteroatoms. The molecule has 1 heterocycles. The van der Waals surface area contributed by atoms with Crippen LogP contribution in [0, 0.1) is 5.41 Å². The second kappa shape index (κ2) is 2.21. The van der Waals surface area contributed by atoms with Gasteiger partial charge in [0.25, 0.3) is 0 Å². The highest BCUT2D eigenvalue weighted by Gasteiger charge is 2.52. The van der Waals surface area contributed by atoms with Gasteiger partial charge in [0.15, 0.2) is 5.78 Å². The van der Waals surface area contributed by atoms with Crippen LogP contribution in [0.15, 0.2) is 0 Å². The van der Waals surface area contributed by atoms with E-state index in [1.54, 1.807) is 0 Å². The maximum atomic E-state index is 11.4. The Hall–Kier alpha value is -1.06. The Morgan fingerprint density at radius 1 is 1.42 bits per heavy atom. The van der Waals surface area contributed by atoms with Crippen molar-refractivity contribution in [2.24, 2.45) is 5.41 Å². The van der Waals surface area contributed by atoms with Crippen molar-refractivity contribution in [2.45, 2.75) is 19.3 Å². The Morgan fingerprint density at radius 3 is 2.50 bits per heavy atom. The number of Topliss-reactive ketones (excluding diaryl/α,β-unsaturated/α-hetero) is 1. The third-order valence-corrected chi connectivity index (χ3v) is 2.91. The van der Waals surface area contributed by atoms with Gasteiger partial charge < -0.3 is 10.0 Å². The van der Waals surface area contributed by atoms with Gasteiger partial charge in [-0.2, -0.15) is 0 Å². The number of carbonyl (C=O) groups excluding carboxylic acids is 1. The Morgan fingerprint density at radius 2 is 2.08 bits per heavy atom. The van der Waals surface area contributed by atoms with Gasteiger partial charge in [0.05, 0.1) is 6.54 Å². The van der Waals surface area contributed by atoms with Gasteiger partial charge in [-0.25, -0.2) is 4.79 Å². The van der Waals surface area contributed by atoms with Gasteiger partial charge in [0.2, 0.25) is 0 Å². The largest absolute Gasteiger partial charge is 0.465 e. The molecule has 2 aliphatic rings. The van der Waals surface area contributed by atoms with Gasteiger partial charge in [0, 0.05) is 12.0 Å². The summed E-state index contributed by atoms with van der Waals surface area (Å²) in [6, 6.07) is 0. The maximum Gasteiger partial charge on any atom is 0.407 e. The van der Waals surface area contributed by atoms with Crippen molar-refractivity contribution in [3.63, 3.8) is 0 Å². The van der Waals surface area contributed by atoms with Crippen LogP contribution in [0.5, 0.6) is 0 Å². The molecule has 0 aromatic heterocycles. The molecule has 1 aliphatic carbocycles. The molecule has 0 atom stereocenters. The first-order chi connectivity index (χ1) is 5.64. The van der Waals surface area contributed by atoms with Crippen LogP contribution < -0.4 is 0 Å². The molecule has 1 amide bonds. The van der Waals surface area contributed by atoms with Crippen molar-refractivity contribution in [3.05, 3.63) is 0 Å². The van der Waals surface area contributed by atoms with Crippen molar-refractivity contribution in [1.82, 2.24) is 4.90 Å². The summed E-state index contributed by atoms with van der Waals surface area (Å²) in [6.45, 7) is 0.635. The van der Waals surface area contributed by atoms with E-state index in [1.165, 1.54) is 4.90 Å². The third kappa shape index (κ3) is 0.983. The monoisotopic (exact) mass is 169 g/mol. The number of nitrogens with zero attached hydrogens (tertiary/aromatic N) is 1. The molecule has 1 saturated heterocycles. The Balaban J connectivity index is 2.04. The van der Waals surface area contributed by atoms with Crippen molar-refractivity contribution >= 4 is 11.9 Å². The predicted molar refractivity (Wildman–Crippen MR) is 40.9 cm³/mol. The minimum atomic E-state index is -0.973. The topological polar surface area (TPSA) is 57.6 Å². The molecule has 4 nitrogen and oxygen atoms in total. The number of likely N-dealkylation sites (tertiary alicyclic amines) is 1. The second-order valence-corrected chi connectivity index (χ2v) is 3.66. The van der Waals surface area contributed by atoms with E-state index in [0.717, 1.165) is 19.3 Å². The summed E-state index contributed by atoms with van der Waals surface area (Å²) in [5.74, 6) is 0.121. The molecule has 1 aliphatic heterocycles. The van der Waals surface area contributed by atoms with E-state index < -0.39 is 6.09 Å². The average molecular weight is 169 g/mol. The zero-order valence-corrected chi connectivity index (χ0v) is 6.75. The summed E-state index contributed by atoms with van der Waals surface area (Å²) >= 11 is 0. The number of piperidine rings is 1. The highest BCUT2D eigenvalue weighted by molar-refractivity contribution is 5.92. The highest BCUT2D eigenvalue weighted by atomic mass is 16.4. The Kier molecular flexibility index (Phi) is 1.40. The van der Waals surface area contributed by atoms with E-state index in [4.69, 9.17) is 5.11 Å². The van der Waals surface area contributed by atoms with Gasteiger partial charge in [-0.3, -0.25) is 4.79 Å². The van der Waals surface area contributed by atoms with Crippen LogP contribution >= 0.6 is 0 Å². The molecule has 0 bridgehead atoms. The van der Waals surface area contributed by atoms with E-state index in [1.807, 2.05) is 0 Å². The zero-order chi connectivity index (χ0) is 8.77. The van der Waals surface area contributed by atoms with Gasteiger partial charge in [-0.05, 0) is 19.3 Å². The lowest BCUT2D eigenvalue weighted by Gasteiger charge is -2.28. The zero-order valence-electron chi connectivity index (χ0n) is 6.75. The molecule has 66 valence electrons. The van der Waals surface area contributed by atoms with Gasteiger partial charge in [-0.1, -0.05) is 0 Å². The molecule has 0 unspecified atom stereocenters. The molecule has 2 rings (SSSR count). The number of carboxylic acid groups (broad SMARTS) is 1. The molecule has 1 spiro atoms.